The zero-order valence-corrected chi connectivity index (χ0v) is 37.9. The molecule has 4 nitrogen and oxygen atoms in total. The zero-order chi connectivity index (χ0) is 45.9. The standard InChI is InChI=1S/C66H41N3O/c1-3-13-48(14-4-1)67-59-20-10-7-17-51(59)54-37-44(25-32-61(54)67)46-27-34-63-56(39-46)57-40-47(45-26-33-62-55(38-45)52-18-8-11-21-60(52)68(62)49-15-5-2-6-16-49)28-35-64(57)69(63)50-30-23-42(24-31-50)43-29-36-66-58(41-43)53-19-9-12-22-65(53)70-66/h1-41H. The van der Waals surface area contributed by atoms with Gasteiger partial charge in [-0.1, -0.05) is 133 Å². The average molecular weight is 892 g/mol. The molecule has 0 aliphatic carbocycles. The number of rotatable bonds is 6. The molecule has 326 valence electrons. The molecule has 70 heavy (non-hydrogen) atoms. The van der Waals surface area contributed by atoms with Crippen molar-refractivity contribution in [2.24, 2.45) is 0 Å². The summed E-state index contributed by atoms with van der Waals surface area (Å²) < 4.78 is 13.4. The molecule has 4 heterocycles. The maximum atomic E-state index is 6.17. The molecule has 11 aromatic carbocycles. The second-order valence-corrected chi connectivity index (χ2v) is 18.5. The second-order valence-electron chi connectivity index (χ2n) is 18.5. The van der Waals surface area contributed by atoms with Crippen molar-refractivity contribution in [2.75, 3.05) is 0 Å². The minimum absolute atomic E-state index is 0.906. The third-order valence-corrected chi connectivity index (χ3v) is 14.6. The van der Waals surface area contributed by atoms with Crippen molar-refractivity contribution in [1.29, 1.82) is 0 Å². The van der Waals surface area contributed by atoms with E-state index in [0.29, 0.717) is 0 Å². The monoisotopic (exact) mass is 891 g/mol. The number of hydrogen-bond donors (Lipinski definition) is 0. The van der Waals surface area contributed by atoms with Gasteiger partial charge in [0.05, 0.1) is 33.1 Å². The van der Waals surface area contributed by atoms with Crippen LogP contribution in [-0.2, 0) is 0 Å². The number of hydrogen-bond acceptors (Lipinski definition) is 1. The van der Waals surface area contributed by atoms with Crippen molar-refractivity contribution >= 4 is 87.4 Å². The summed E-state index contributed by atoms with van der Waals surface area (Å²) in [6.45, 7) is 0. The fourth-order valence-electron chi connectivity index (χ4n) is 11.4. The Balaban J connectivity index is 0.902. The van der Waals surface area contributed by atoms with E-state index in [4.69, 9.17) is 4.42 Å². The molecule has 0 saturated heterocycles. The van der Waals surface area contributed by atoms with E-state index in [-0.39, 0.29) is 0 Å². The van der Waals surface area contributed by atoms with Gasteiger partial charge in [0.2, 0.25) is 0 Å². The lowest BCUT2D eigenvalue weighted by Crippen LogP contribution is -1.94. The van der Waals surface area contributed by atoms with Crippen molar-refractivity contribution in [2.45, 2.75) is 0 Å². The van der Waals surface area contributed by atoms with E-state index in [1.165, 1.54) is 76.6 Å². The zero-order valence-electron chi connectivity index (χ0n) is 37.9. The van der Waals surface area contributed by atoms with Crippen LogP contribution in [0.4, 0.5) is 0 Å². The maximum Gasteiger partial charge on any atom is 0.135 e. The Labute approximate surface area is 402 Å². The highest BCUT2D eigenvalue weighted by Crippen LogP contribution is 2.42. The van der Waals surface area contributed by atoms with Gasteiger partial charge in [-0.15, -0.1) is 0 Å². The Bertz CT molecular complexity index is 4350. The molecule has 0 aliphatic rings. The van der Waals surface area contributed by atoms with Crippen LogP contribution in [0.2, 0.25) is 0 Å². The molecule has 4 heteroatoms. The number of nitrogens with zero attached hydrogens (tertiary/aromatic N) is 3. The van der Waals surface area contributed by atoms with E-state index < -0.39 is 0 Å². The molecule has 0 fully saturated rings. The molecular weight excluding hydrogens is 851 g/mol. The van der Waals surface area contributed by atoms with Gasteiger partial charge in [-0.05, 0) is 149 Å². The molecule has 0 saturated carbocycles. The molecule has 15 aromatic rings. The molecule has 0 amide bonds. The molecule has 15 rings (SSSR count). The number of furan rings is 1. The van der Waals surface area contributed by atoms with Gasteiger partial charge in [-0.3, -0.25) is 0 Å². The first-order valence-corrected chi connectivity index (χ1v) is 24.0. The first-order valence-electron chi connectivity index (χ1n) is 24.0. The van der Waals surface area contributed by atoms with Crippen LogP contribution in [0.3, 0.4) is 0 Å². The molecule has 0 bridgehead atoms. The third kappa shape index (κ3) is 5.84. The molecule has 0 atom stereocenters. The molecular formula is C66H41N3O. The van der Waals surface area contributed by atoms with Crippen molar-refractivity contribution in [3.63, 3.8) is 0 Å². The average Bonchev–Trinajstić information content (AvgIpc) is 4.17. The summed E-state index contributed by atoms with van der Waals surface area (Å²) in [7, 11) is 0. The quantitative estimate of drug-likeness (QED) is 0.163. The van der Waals surface area contributed by atoms with Gasteiger partial charge in [0, 0.05) is 60.2 Å². The molecule has 0 N–H and O–H groups in total. The largest absolute Gasteiger partial charge is 0.456 e. The number of aromatic nitrogens is 3. The minimum Gasteiger partial charge on any atom is -0.456 e. The lowest BCUT2D eigenvalue weighted by Gasteiger charge is -2.11. The van der Waals surface area contributed by atoms with Crippen LogP contribution >= 0.6 is 0 Å². The fourth-order valence-corrected chi connectivity index (χ4v) is 11.4. The summed E-state index contributed by atoms with van der Waals surface area (Å²) in [5, 5.41) is 9.67. The van der Waals surface area contributed by atoms with Gasteiger partial charge in [-0.25, -0.2) is 0 Å². The van der Waals surface area contributed by atoms with Crippen LogP contribution in [-0.4, -0.2) is 13.7 Å². The summed E-state index contributed by atoms with van der Waals surface area (Å²) in [4.78, 5) is 0. The summed E-state index contributed by atoms with van der Waals surface area (Å²) in [5.41, 5.74) is 19.5. The Kier molecular flexibility index (Phi) is 8.33. The van der Waals surface area contributed by atoms with Gasteiger partial charge in [0.25, 0.3) is 0 Å². The summed E-state index contributed by atoms with van der Waals surface area (Å²) in [6, 6.07) is 90.7. The molecule has 0 spiro atoms. The van der Waals surface area contributed by atoms with Crippen LogP contribution in [0.5, 0.6) is 0 Å². The molecule has 0 radical (unpaired) electrons. The highest BCUT2D eigenvalue weighted by atomic mass is 16.3. The lowest BCUT2D eigenvalue weighted by molar-refractivity contribution is 0.669. The van der Waals surface area contributed by atoms with Gasteiger partial charge in [0.1, 0.15) is 11.2 Å². The topological polar surface area (TPSA) is 27.9 Å². The van der Waals surface area contributed by atoms with Crippen LogP contribution < -0.4 is 0 Å². The summed E-state index contributed by atoms with van der Waals surface area (Å²) >= 11 is 0. The number of para-hydroxylation sites is 5. The van der Waals surface area contributed by atoms with Crippen molar-refractivity contribution in [1.82, 2.24) is 13.7 Å². The smallest absolute Gasteiger partial charge is 0.135 e. The molecule has 0 unspecified atom stereocenters. The van der Waals surface area contributed by atoms with E-state index in [9.17, 15) is 0 Å². The van der Waals surface area contributed by atoms with Gasteiger partial charge >= 0.3 is 0 Å². The van der Waals surface area contributed by atoms with E-state index in [0.717, 1.165) is 61.2 Å². The SMILES string of the molecule is c1ccc(-n2c3ccccc3c3cc(-c4ccc5c(c4)c4cc(-c6ccc7c(c6)c6ccccc6n7-c6ccccc6)ccc4n5-c4ccc(-c5ccc6oc7ccccc7c6c5)cc4)ccc32)cc1. The fraction of sp³-hybridized carbons (Fsp3) is 0. The predicted octanol–water partition coefficient (Wildman–Crippen LogP) is 17.9. The normalized spacial score (nSPS) is 12.0. The molecule has 4 aromatic heterocycles. The van der Waals surface area contributed by atoms with E-state index in [1.807, 2.05) is 12.1 Å². The van der Waals surface area contributed by atoms with Crippen molar-refractivity contribution < 1.29 is 4.42 Å². The summed E-state index contributed by atoms with van der Waals surface area (Å²) in [5.74, 6) is 0. The summed E-state index contributed by atoms with van der Waals surface area (Å²) in [6.07, 6.45) is 0. The maximum absolute atomic E-state index is 6.17. The van der Waals surface area contributed by atoms with Gasteiger partial charge in [-0.2, -0.15) is 0 Å². The Morgan fingerprint density at radius 3 is 1.00 bits per heavy atom. The predicted molar refractivity (Wildman–Crippen MR) is 293 cm³/mol. The number of benzene rings is 11. The van der Waals surface area contributed by atoms with Crippen LogP contribution in [0.1, 0.15) is 0 Å². The highest BCUT2D eigenvalue weighted by molar-refractivity contribution is 6.15. The van der Waals surface area contributed by atoms with Gasteiger partial charge < -0.3 is 18.1 Å². The van der Waals surface area contributed by atoms with E-state index in [2.05, 4.69) is 250 Å². The van der Waals surface area contributed by atoms with Crippen molar-refractivity contribution in [3.05, 3.63) is 249 Å². The number of fused-ring (bicyclic) bond motifs is 12. The Morgan fingerprint density at radius 1 is 0.200 bits per heavy atom. The third-order valence-electron chi connectivity index (χ3n) is 14.6. The Morgan fingerprint density at radius 2 is 0.514 bits per heavy atom. The Hall–Kier alpha value is -9.38. The van der Waals surface area contributed by atoms with Crippen LogP contribution in [0.15, 0.2) is 253 Å². The second kappa shape index (κ2) is 15.1. The minimum atomic E-state index is 0.906. The van der Waals surface area contributed by atoms with Crippen molar-refractivity contribution in [3.8, 4) is 50.4 Å². The first kappa shape index (κ1) is 38.7. The van der Waals surface area contributed by atoms with Crippen LogP contribution in [0.25, 0.3) is 138 Å². The van der Waals surface area contributed by atoms with Gasteiger partial charge in [0.15, 0.2) is 0 Å². The highest BCUT2D eigenvalue weighted by Gasteiger charge is 2.19. The van der Waals surface area contributed by atoms with E-state index in [1.54, 1.807) is 0 Å². The molecule has 0 aliphatic heterocycles. The first-order chi connectivity index (χ1) is 34.7. The van der Waals surface area contributed by atoms with E-state index >= 15 is 0 Å². The lowest BCUT2D eigenvalue weighted by atomic mass is 9.98. The van der Waals surface area contributed by atoms with Crippen LogP contribution in [0, 0.1) is 0 Å².